The number of phenols is 1. The molecule has 1 aromatic rings. The maximum Gasteiger partial charge on any atom is 0.326 e. The molecular weight excluding hydrogens is 438 g/mol. The van der Waals surface area contributed by atoms with Crippen LogP contribution in [0.4, 0.5) is 4.79 Å². The molecule has 0 unspecified atom stereocenters. The smallest absolute Gasteiger partial charge is 0.326 e. The fourth-order valence-corrected chi connectivity index (χ4v) is 3.46. The highest BCUT2D eigenvalue weighted by atomic mass is 79.9. The summed E-state index contributed by atoms with van der Waals surface area (Å²) in [6, 6.07) is 3.16. The van der Waals surface area contributed by atoms with E-state index < -0.39 is 23.7 Å². The quantitative estimate of drug-likeness (QED) is 0.491. The first kappa shape index (κ1) is 21.3. The number of benzene rings is 1. The molecule has 27 heavy (non-hydrogen) atoms. The lowest BCUT2D eigenvalue weighted by atomic mass is 10.2. The Kier molecular flexibility index (Phi) is 7.32. The van der Waals surface area contributed by atoms with Gasteiger partial charge in [0.25, 0.3) is 11.1 Å². The van der Waals surface area contributed by atoms with Crippen molar-refractivity contribution in [1.29, 1.82) is 0 Å². The summed E-state index contributed by atoms with van der Waals surface area (Å²) in [5.41, 5.74) is 0.566. The lowest BCUT2D eigenvalue weighted by Crippen LogP contribution is -2.34. The van der Waals surface area contributed by atoms with Crippen molar-refractivity contribution < 1.29 is 29.0 Å². The summed E-state index contributed by atoms with van der Waals surface area (Å²) in [6.07, 6.45) is 1.51. The Hall–Kier alpha value is -2.00. The number of imide groups is 1. The highest BCUT2D eigenvalue weighted by molar-refractivity contribution is 9.10. The second kappa shape index (κ2) is 9.27. The van der Waals surface area contributed by atoms with E-state index in [1.807, 2.05) is 13.8 Å². The van der Waals surface area contributed by atoms with E-state index in [-0.39, 0.29) is 28.9 Å². The van der Waals surface area contributed by atoms with Crippen molar-refractivity contribution in [2.45, 2.75) is 20.8 Å². The Morgan fingerprint density at radius 2 is 2.07 bits per heavy atom. The molecule has 0 radical (unpaired) electrons. The van der Waals surface area contributed by atoms with Crippen molar-refractivity contribution in [3.05, 3.63) is 27.1 Å². The largest absolute Gasteiger partial charge is 0.503 e. The first-order valence-corrected chi connectivity index (χ1v) is 9.90. The van der Waals surface area contributed by atoms with Crippen LogP contribution in [0.2, 0.25) is 0 Å². The number of nitrogens with zero attached hydrogens (tertiary/aromatic N) is 1. The van der Waals surface area contributed by atoms with Gasteiger partial charge in [-0.15, -0.1) is 0 Å². The van der Waals surface area contributed by atoms with E-state index in [0.717, 1.165) is 16.7 Å². The molecule has 1 aliphatic heterocycles. The molecule has 1 aliphatic rings. The summed E-state index contributed by atoms with van der Waals surface area (Å²) in [5, 5.41) is 9.43. The van der Waals surface area contributed by atoms with Gasteiger partial charge in [-0.25, -0.2) is 0 Å². The van der Waals surface area contributed by atoms with Crippen LogP contribution in [-0.2, 0) is 14.3 Å². The van der Waals surface area contributed by atoms with Crippen LogP contribution in [0.15, 0.2) is 21.5 Å². The molecule has 0 atom stereocenters. The molecule has 2 rings (SSSR count). The third kappa shape index (κ3) is 5.49. The Morgan fingerprint density at radius 3 is 2.70 bits per heavy atom. The average Bonchev–Trinajstić information content (AvgIpc) is 2.85. The number of carbonyl (C=O) groups is 3. The van der Waals surface area contributed by atoms with Crippen LogP contribution in [0, 0.1) is 5.92 Å². The molecule has 0 spiro atoms. The molecule has 1 aromatic carbocycles. The van der Waals surface area contributed by atoms with Crippen LogP contribution < -0.4 is 4.74 Å². The lowest BCUT2D eigenvalue weighted by molar-refractivity contribution is -0.147. The molecule has 0 bridgehead atoms. The maximum atomic E-state index is 12.5. The first-order chi connectivity index (χ1) is 12.7. The fourth-order valence-electron chi connectivity index (χ4n) is 2.16. The summed E-state index contributed by atoms with van der Waals surface area (Å²) in [5.74, 6) is -0.812. The molecule has 0 aromatic heterocycles. The normalized spacial score (nSPS) is 15.7. The number of halogens is 1. The minimum atomic E-state index is -0.627. The molecule has 1 heterocycles. The van der Waals surface area contributed by atoms with E-state index in [9.17, 15) is 19.5 Å². The summed E-state index contributed by atoms with van der Waals surface area (Å²) < 4.78 is 10.8. The molecule has 1 N–H and O–H groups in total. The Bertz CT molecular complexity index is 792. The molecular formula is C18H20BrNO6S. The van der Waals surface area contributed by atoms with Crippen LogP contribution >= 0.6 is 27.7 Å². The zero-order valence-corrected chi connectivity index (χ0v) is 17.6. The average molecular weight is 458 g/mol. The molecule has 0 saturated carbocycles. The van der Waals surface area contributed by atoms with E-state index >= 15 is 0 Å². The number of hydrogen-bond donors (Lipinski definition) is 1. The van der Waals surface area contributed by atoms with E-state index in [1.165, 1.54) is 6.08 Å². The van der Waals surface area contributed by atoms with Crippen LogP contribution in [-0.4, -0.2) is 46.9 Å². The topological polar surface area (TPSA) is 93.1 Å². The molecule has 0 aliphatic carbocycles. The number of rotatable bonds is 7. The highest BCUT2D eigenvalue weighted by Gasteiger charge is 2.36. The minimum Gasteiger partial charge on any atom is -0.503 e. The summed E-state index contributed by atoms with van der Waals surface area (Å²) in [4.78, 5) is 37.4. The molecule has 2 amide bonds. The number of aromatic hydroxyl groups is 1. The van der Waals surface area contributed by atoms with Gasteiger partial charge in [0.1, 0.15) is 6.54 Å². The third-order valence-electron chi connectivity index (χ3n) is 3.39. The number of ether oxygens (including phenoxy) is 2. The SMILES string of the molecule is CCOc1cc(/C=C2/SC(=O)N(CC(=O)OCC(C)C)C2=O)cc(Br)c1O. The van der Waals surface area contributed by atoms with Gasteiger partial charge >= 0.3 is 5.97 Å². The first-order valence-electron chi connectivity index (χ1n) is 8.29. The number of esters is 1. The van der Waals surface area contributed by atoms with Gasteiger partial charge in [0.05, 0.1) is 22.6 Å². The van der Waals surface area contributed by atoms with Crippen LogP contribution in [0.25, 0.3) is 6.08 Å². The summed E-state index contributed by atoms with van der Waals surface area (Å²) >= 11 is 3.97. The number of thioether (sulfide) groups is 1. The Balaban J connectivity index is 2.17. The van der Waals surface area contributed by atoms with Crippen molar-refractivity contribution in [2.24, 2.45) is 5.92 Å². The van der Waals surface area contributed by atoms with Gasteiger partial charge in [0.2, 0.25) is 0 Å². The number of phenolic OH excluding ortho intramolecular Hbond substituents is 1. The monoisotopic (exact) mass is 457 g/mol. The molecule has 7 nitrogen and oxygen atoms in total. The fraction of sp³-hybridized carbons (Fsp3) is 0.389. The number of hydrogen-bond acceptors (Lipinski definition) is 7. The van der Waals surface area contributed by atoms with Crippen LogP contribution in [0.5, 0.6) is 11.5 Å². The number of carbonyl (C=O) groups excluding carboxylic acids is 3. The number of amides is 2. The zero-order valence-electron chi connectivity index (χ0n) is 15.2. The van der Waals surface area contributed by atoms with Gasteiger partial charge in [0.15, 0.2) is 11.5 Å². The predicted molar refractivity (Wildman–Crippen MR) is 105 cm³/mol. The van der Waals surface area contributed by atoms with E-state index in [4.69, 9.17) is 9.47 Å². The van der Waals surface area contributed by atoms with Crippen molar-refractivity contribution in [3.63, 3.8) is 0 Å². The van der Waals surface area contributed by atoms with Crippen LogP contribution in [0.3, 0.4) is 0 Å². The van der Waals surface area contributed by atoms with Gasteiger partial charge in [-0.2, -0.15) is 0 Å². The molecule has 1 fully saturated rings. The zero-order chi connectivity index (χ0) is 20.1. The molecule has 146 valence electrons. The van der Waals surface area contributed by atoms with Gasteiger partial charge in [-0.3, -0.25) is 19.3 Å². The van der Waals surface area contributed by atoms with E-state index in [1.54, 1.807) is 19.1 Å². The maximum absolute atomic E-state index is 12.5. The van der Waals surface area contributed by atoms with Gasteiger partial charge < -0.3 is 14.6 Å². The van der Waals surface area contributed by atoms with Gasteiger partial charge in [-0.05, 0) is 64.3 Å². The van der Waals surface area contributed by atoms with E-state index in [2.05, 4.69) is 15.9 Å². The van der Waals surface area contributed by atoms with Crippen molar-refractivity contribution in [1.82, 2.24) is 4.90 Å². The Labute approximate surface area is 169 Å². The standard InChI is InChI=1S/C18H20BrNO6S/c1-4-25-13-6-11(5-12(19)16(13)22)7-14-17(23)20(18(24)27-14)8-15(21)26-9-10(2)3/h5-7,10,22H,4,8-9H2,1-3H3/b14-7+. The van der Waals surface area contributed by atoms with Crippen LogP contribution in [0.1, 0.15) is 26.3 Å². The second-order valence-electron chi connectivity index (χ2n) is 6.13. The third-order valence-corrected chi connectivity index (χ3v) is 4.90. The van der Waals surface area contributed by atoms with Crippen molar-refractivity contribution >= 4 is 50.9 Å². The van der Waals surface area contributed by atoms with E-state index in [0.29, 0.717) is 16.6 Å². The second-order valence-corrected chi connectivity index (χ2v) is 7.97. The summed E-state index contributed by atoms with van der Waals surface area (Å²) in [6.45, 7) is 5.73. The predicted octanol–water partition coefficient (Wildman–Crippen LogP) is 3.79. The van der Waals surface area contributed by atoms with Crippen molar-refractivity contribution in [2.75, 3.05) is 19.8 Å². The van der Waals surface area contributed by atoms with Crippen molar-refractivity contribution in [3.8, 4) is 11.5 Å². The van der Waals surface area contributed by atoms with Gasteiger partial charge in [-0.1, -0.05) is 13.8 Å². The van der Waals surface area contributed by atoms with Gasteiger partial charge in [0, 0.05) is 0 Å². The lowest BCUT2D eigenvalue weighted by Gasteiger charge is -2.12. The highest BCUT2D eigenvalue weighted by Crippen LogP contribution is 2.38. The molecule has 1 saturated heterocycles. The Morgan fingerprint density at radius 1 is 1.37 bits per heavy atom. The minimum absolute atomic E-state index is 0.0463. The summed E-state index contributed by atoms with van der Waals surface area (Å²) in [7, 11) is 0. The molecule has 9 heteroatoms.